The van der Waals surface area contributed by atoms with Crippen molar-refractivity contribution < 1.29 is 4.74 Å². The zero-order valence-electron chi connectivity index (χ0n) is 7.08. The van der Waals surface area contributed by atoms with Gasteiger partial charge in [0, 0.05) is 12.8 Å². The fraction of sp³-hybridized carbons (Fsp3) is 0.625. The Morgan fingerprint density at radius 3 is 3.00 bits per heavy atom. The van der Waals surface area contributed by atoms with Crippen molar-refractivity contribution in [3.05, 3.63) is 18.2 Å². The lowest BCUT2D eigenvalue weighted by atomic mass is 10.5. The van der Waals surface area contributed by atoms with Crippen molar-refractivity contribution in [1.82, 2.24) is 9.55 Å². The summed E-state index contributed by atoms with van der Waals surface area (Å²) in [6.45, 7) is 5.50. The largest absolute Gasteiger partial charge is 0.361 e. The Hall–Kier alpha value is -0.830. The van der Waals surface area contributed by atoms with Gasteiger partial charge in [-0.2, -0.15) is 0 Å². The lowest BCUT2D eigenvalue weighted by Crippen LogP contribution is -2.00. The van der Waals surface area contributed by atoms with E-state index in [1.165, 1.54) is 0 Å². The predicted octanol–water partition coefficient (Wildman–Crippen LogP) is 1.58. The van der Waals surface area contributed by atoms with E-state index < -0.39 is 0 Å². The molecule has 1 rings (SSSR count). The van der Waals surface area contributed by atoms with E-state index >= 15 is 0 Å². The molecule has 0 aliphatic heterocycles. The third kappa shape index (κ3) is 2.72. The molecule has 0 saturated carbocycles. The molecule has 0 amide bonds. The number of nitrogens with zero attached hydrogens (tertiary/aromatic N) is 2. The summed E-state index contributed by atoms with van der Waals surface area (Å²) >= 11 is 0. The van der Waals surface area contributed by atoms with E-state index in [4.69, 9.17) is 4.74 Å². The summed E-state index contributed by atoms with van der Waals surface area (Å²) in [4.78, 5) is 4.08. The molecule has 11 heavy (non-hydrogen) atoms. The Balaban J connectivity index is 2.27. The molecule has 1 aromatic rings. The zero-order valence-corrected chi connectivity index (χ0v) is 7.08. The first-order valence-corrected chi connectivity index (χ1v) is 3.89. The maximum absolute atomic E-state index is 5.31. The molecule has 0 fully saturated rings. The summed E-state index contributed by atoms with van der Waals surface area (Å²) in [5.74, 6) is 0. The highest BCUT2D eigenvalue weighted by Gasteiger charge is 1.91. The Bertz CT molecular complexity index is 208. The number of aromatic nitrogens is 2. The van der Waals surface area contributed by atoms with Crippen molar-refractivity contribution in [3.8, 4) is 0 Å². The van der Waals surface area contributed by atoms with Crippen molar-refractivity contribution in [2.45, 2.75) is 27.0 Å². The summed E-state index contributed by atoms with van der Waals surface area (Å²) < 4.78 is 7.24. The molecule has 1 aromatic heterocycles. The molecule has 0 saturated heterocycles. The Morgan fingerprint density at radius 1 is 1.64 bits per heavy atom. The van der Waals surface area contributed by atoms with Crippen LogP contribution in [0.15, 0.2) is 12.5 Å². The summed E-state index contributed by atoms with van der Waals surface area (Å²) in [6.07, 6.45) is 4.81. The lowest BCUT2D eigenvalue weighted by Gasteiger charge is -2.01. The highest BCUT2D eigenvalue weighted by Crippen LogP contribution is 1.93. The topological polar surface area (TPSA) is 27.1 Å². The molecule has 0 unspecified atom stereocenters. The van der Waals surface area contributed by atoms with Gasteiger partial charge in [0.15, 0.2) is 0 Å². The Kier molecular flexibility index (Phi) is 3.11. The highest BCUT2D eigenvalue weighted by atomic mass is 16.5. The smallest absolute Gasteiger partial charge is 0.123 e. The molecule has 0 bridgehead atoms. The number of imidazole rings is 1. The highest BCUT2D eigenvalue weighted by molar-refractivity contribution is 4.91. The van der Waals surface area contributed by atoms with Crippen LogP contribution in [0, 0.1) is 6.92 Å². The normalized spacial score (nSPS) is 10.4. The minimum atomic E-state index is 0.620. The fourth-order valence-electron chi connectivity index (χ4n) is 0.857. The first kappa shape index (κ1) is 8.27. The van der Waals surface area contributed by atoms with Crippen LogP contribution >= 0.6 is 0 Å². The fourth-order valence-corrected chi connectivity index (χ4v) is 0.857. The van der Waals surface area contributed by atoms with Crippen LogP contribution in [0.5, 0.6) is 0 Å². The van der Waals surface area contributed by atoms with Crippen LogP contribution in [0.2, 0.25) is 0 Å². The van der Waals surface area contributed by atoms with Gasteiger partial charge in [0.05, 0.1) is 12.0 Å². The van der Waals surface area contributed by atoms with Crippen LogP contribution in [0.1, 0.15) is 19.0 Å². The number of rotatable bonds is 4. The van der Waals surface area contributed by atoms with Gasteiger partial charge in [-0.05, 0) is 13.3 Å². The van der Waals surface area contributed by atoms with Gasteiger partial charge in [-0.15, -0.1) is 0 Å². The van der Waals surface area contributed by atoms with E-state index in [1.54, 1.807) is 6.33 Å². The molecular formula is C8H14N2O. The van der Waals surface area contributed by atoms with E-state index in [0.717, 1.165) is 18.7 Å². The standard InChI is InChI=1S/C8H14N2O/c1-3-4-11-7-10-5-8(2)9-6-10/h5-6H,3-4,7H2,1-2H3. The molecule has 0 aliphatic rings. The third-order valence-electron chi connectivity index (χ3n) is 1.35. The van der Waals surface area contributed by atoms with Gasteiger partial charge in [-0.3, -0.25) is 0 Å². The number of aryl methyl sites for hydroxylation is 1. The quantitative estimate of drug-likeness (QED) is 0.615. The molecule has 1 heterocycles. The first-order valence-electron chi connectivity index (χ1n) is 3.89. The zero-order chi connectivity index (χ0) is 8.10. The Labute approximate surface area is 67.0 Å². The average Bonchev–Trinajstić information content (AvgIpc) is 2.37. The summed E-state index contributed by atoms with van der Waals surface area (Å²) in [6, 6.07) is 0. The van der Waals surface area contributed by atoms with Crippen molar-refractivity contribution in [2.75, 3.05) is 6.61 Å². The lowest BCUT2D eigenvalue weighted by molar-refractivity contribution is 0.0774. The second-order valence-electron chi connectivity index (χ2n) is 2.57. The van der Waals surface area contributed by atoms with E-state index in [9.17, 15) is 0 Å². The van der Waals surface area contributed by atoms with Crippen LogP contribution in [-0.2, 0) is 11.5 Å². The van der Waals surface area contributed by atoms with Crippen LogP contribution in [0.25, 0.3) is 0 Å². The van der Waals surface area contributed by atoms with E-state index in [1.807, 2.05) is 17.7 Å². The molecule has 0 aromatic carbocycles. The van der Waals surface area contributed by atoms with E-state index in [2.05, 4.69) is 11.9 Å². The average molecular weight is 154 g/mol. The molecule has 0 radical (unpaired) electrons. The molecule has 3 heteroatoms. The van der Waals surface area contributed by atoms with Crippen LogP contribution in [0.3, 0.4) is 0 Å². The van der Waals surface area contributed by atoms with Gasteiger partial charge in [0.2, 0.25) is 0 Å². The maximum atomic E-state index is 5.31. The Morgan fingerprint density at radius 2 is 2.45 bits per heavy atom. The molecule has 62 valence electrons. The van der Waals surface area contributed by atoms with E-state index in [-0.39, 0.29) is 0 Å². The molecule has 0 atom stereocenters. The van der Waals surface area contributed by atoms with Gasteiger partial charge in [-0.25, -0.2) is 4.98 Å². The van der Waals surface area contributed by atoms with Gasteiger partial charge in [0.1, 0.15) is 6.73 Å². The number of hydrogen-bond donors (Lipinski definition) is 0. The minimum Gasteiger partial charge on any atom is -0.361 e. The minimum absolute atomic E-state index is 0.620. The second-order valence-corrected chi connectivity index (χ2v) is 2.57. The van der Waals surface area contributed by atoms with Crippen LogP contribution < -0.4 is 0 Å². The molecule has 0 N–H and O–H groups in total. The SMILES string of the molecule is CCCOCn1cnc(C)c1. The van der Waals surface area contributed by atoms with Crippen molar-refractivity contribution in [2.24, 2.45) is 0 Å². The van der Waals surface area contributed by atoms with Crippen LogP contribution in [0.4, 0.5) is 0 Å². The van der Waals surface area contributed by atoms with Gasteiger partial charge >= 0.3 is 0 Å². The van der Waals surface area contributed by atoms with E-state index in [0.29, 0.717) is 6.73 Å². The summed E-state index contributed by atoms with van der Waals surface area (Å²) in [5, 5.41) is 0. The summed E-state index contributed by atoms with van der Waals surface area (Å²) in [5.41, 5.74) is 1.03. The third-order valence-corrected chi connectivity index (χ3v) is 1.35. The van der Waals surface area contributed by atoms with Gasteiger partial charge in [-0.1, -0.05) is 6.92 Å². The first-order chi connectivity index (χ1) is 5.33. The molecule has 3 nitrogen and oxygen atoms in total. The molecule has 0 spiro atoms. The van der Waals surface area contributed by atoms with Crippen molar-refractivity contribution >= 4 is 0 Å². The predicted molar refractivity (Wildman–Crippen MR) is 43.2 cm³/mol. The second kappa shape index (κ2) is 4.13. The molecular weight excluding hydrogens is 140 g/mol. The number of hydrogen-bond acceptors (Lipinski definition) is 2. The van der Waals surface area contributed by atoms with Crippen molar-refractivity contribution in [3.63, 3.8) is 0 Å². The summed E-state index contributed by atoms with van der Waals surface area (Å²) in [7, 11) is 0. The van der Waals surface area contributed by atoms with Gasteiger partial charge in [0.25, 0.3) is 0 Å². The number of ether oxygens (including phenoxy) is 1. The maximum Gasteiger partial charge on any atom is 0.123 e. The van der Waals surface area contributed by atoms with Gasteiger partial charge < -0.3 is 9.30 Å². The van der Waals surface area contributed by atoms with Crippen molar-refractivity contribution in [1.29, 1.82) is 0 Å². The molecule has 0 aliphatic carbocycles. The van der Waals surface area contributed by atoms with Crippen LogP contribution in [-0.4, -0.2) is 16.2 Å². The monoisotopic (exact) mass is 154 g/mol.